The molecule has 0 bridgehead atoms. The molecule has 7 heteroatoms. The van der Waals surface area contributed by atoms with Crippen LogP contribution in [-0.2, 0) is 4.79 Å². The molecule has 1 amide bonds. The van der Waals surface area contributed by atoms with Gasteiger partial charge >= 0.3 is 0 Å². The Labute approximate surface area is 136 Å². The largest absolute Gasteiger partial charge is 0.543 e. The molecule has 0 aliphatic carbocycles. The number of hydrogen-bond donors (Lipinski definition) is 1. The molecule has 0 unspecified atom stereocenters. The number of furan rings is 1. The van der Waals surface area contributed by atoms with Crippen LogP contribution >= 0.6 is 31.9 Å². The van der Waals surface area contributed by atoms with E-state index in [0.29, 0.717) is 10.2 Å². The number of rotatable bonds is 4. The molecule has 0 saturated carbocycles. The minimum atomic E-state index is -1.49. The Morgan fingerprint density at radius 1 is 1.10 bits per heavy atom. The molecule has 21 heavy (non-hydrogen) atoms. The number of carboxylic acids is 1. The van der Waals surface area contributed by atoms with Gasteiger partial charge in [-0.1, -0.05) is 28.1 Å². The van der Waals surface area contributed by atoms with E-state index in [-0.39, 0.29) is 11.5 Å². The van der Waals surface area contributed by atoms with Crippen LogP contribution in [0.3, 0.4) is 0 Å². The topological polar surface area (TPSA) is 82.4 Å². The van der Waals surface area contributed by atoms with E-state index in [9.17, 15) is 14.7 Å². The Morgan fingerprint density at radius 3 is 2.29 bits per heavy atom. The van der Waals surface area contributed by atoms with Gasteiger partial charge in [-0.3, -0.25) is 4.79 Å². The molecule has 1 heterocycles. The van der Waals surface area contributed by atoms with Crippen LogP contribution in [0.4, 0.5) is 0 Å². The predicted octanol–water partition coefficient (Wildman–Crippen LogP) is 2.33. The SMILES string of the molecule is O=C([O-])/C(=C\c1ccc(Br)cc1)NC(=O)c1ccc(Br)o1. The van der Waals surface area contributed by atoms with Crippen molar-refractivity contribution in [3.8, 4) is 0 Å². The molecule has 5 nitrogen and oxygen atoms in total. The van der Waals surface area contributed by atoms with Crippen LogP contribution in [0.25, 0.3) is 6.08 Å². The average molecular weight is 414 g/mol. The second-order valence-corrected chi connectivity index (χ2v) is 5.65. The Balaban J connectivity index is 2.21. The normalized spacial score (nSPS) is 11.2. The van der Waals surface area contributed by atoms with Crippen molar-refractivity contribution < 1.29 is 19.1 Å². The van der Waals surface area contributed by atoms with Gasteiger partial charge in [0.2, 0.25) is 0 Å². The van der Waals surface area contributed by atoms with Gasteiger partial charge in [-0.25, -0.2) is 0 Å². The lowest BCUT2D eigenvalue weighted by molar-refractivity contribution is -0.299. The van der Waals surface area contributed by atoms with Crippen LogP contribution in [0.15, 0.2) is 55.7 Å². The number of aliphatic carboxylic acids is 1. The van der Waals surface area contributed by atoms with Gasteiger partial charge in [0.25, 0.3) is 5.91 Å². The van der Waals surface area contributed by atoms with Crippen molar-refractivity contribution in [3.05, 3.63) is 62.6 Å². The van der Waals surface area contributed by atoms with Crippen molar-refractivity contribution in [1.29, 1.82) is 0 Å². The van der Waals surface area contributed by atoms with E-state index < -0.39 is 11.9 Å². The van der Waals surface area contributed by atoms with Crippen molar-refractivity contribution in [1.82, 2.24) is 5.32 Å². The van der Waals surface area contributed by atoms with Crippen molar-refractivity contribution >= 4 is 49.8 Å². The summed E-state index contributed by atoms with van der Waals surface area (Å²) in [6.07, 6.45) is 1.30. The smallest absolute Gasteiger partial charge is 0.291 e. The fourth-order valence-corrected chi connectivity index (χ4v) is 2.06. The Kier molecular flexibility index (Phi) is 4.98. The molecular weight excluding hydrogens is 406 g/mol. The van der Waals surface area contributed by atoms with Crippen LogP contribution in [-0.4, -0.2) is 11.9 Å². The van der Waals surface area contributed by atoms with Gasteiger partial charge in [-0.05, 0) is 51.8 Å². The van der Waals surface area contributed by atoms with Gasteiger partial charge in [-0.15, -0.1) is 0 Å². The summed E-state index contributed by atoms with van der Waals surface area (Å²) in [5.74, 6) is -2.17. The molecule has 1 aromatic carbocycles. The molecule has 0 saturated heterocycles. The molecule has 2 rings (SSSR count). The summed E-state index contributed by atoms with van der Waals surface area (Å²) >= 11 is 6.34. The standard InChI is InChI=1S/C14H9Br2NO4/c15-9-3-1-8(2-4-9)7-10(14(19)20)17-13(18)11-5-6-12(16)21-11/h1-7H,(H,17,18)(H,19,20)/p-1/b10-7+. The van der Waals surface area contributed by atoms with Crippen molar-refractivity contribution in [2.24, 2.45) is 0 Å². The Hall–Kier alpha value is -1.86. The van der Waals surface area contributed by atoms with Gasteiger partial charge < -0.3 is 19.6 Å². The molecule has 0 atom stereocenters. The van der Waals surface area contributed by atoms with Gasteiger partial charge in [0, 0.05) is 4.47 Å². The Morgan fingerprint density at radius 2 is 1.76 bits per heavy atom. The highest BCUT2D eigenvalue weighted by Crippen LogP contribution is 2.15. The summed E-state index contributed by atoms with van der Waals surface area (Å²) in [7, 11) is 0. The lowest BCUT2D eigenvalue weighted by Gasteiger charge is -2.09. The maximum absolute atomic E-state index is 11.9. The van der Waals surface area contributed by atoms with E-state index >= 15 is 0 Å². The quantitative estimate of drug-likeness (QED) is 0.779. The number of benzene rings is 1. The molecule has 0 aliphatic rings. The number of nitrogens with one attached hydrogen (secondary N) is 1. The molecular formula is C14H8Br2NO4-. The molecule has 2 aromatic rings. The highest BCUT2D eigenvalue weighted by atomic mass is 79.9. The third-order valence-corrected chi connectivity index (χ3v) is 3.40. The average Bonchev–Trinajstić information content (AvgIpc) is 2.87. The third-order valence-electron chi connectivity index (χ3n) is 2.45. The third kappa shape index (κ3) is 4.30. The molecule has 0 radical (unpaired) electrons. The minimum Gasteiger partial charge on any atom is -0.543 e. The maximum atomic E-state index is 11.9. The van der Waals surface area contributed by atoms with E-state index in [0.717, 1.165) is 4.47 Å². The fourth-order valence-electron chi connectivity index (χ4n) is 1.49. The summed E-state index contributed by atoms with van der Waals surface area (Å²) in [6.45, 7) is 0. The number of halogens is 2. The van der Waals surface area contributed by atoms with Crippen LogP contribution in [0, 0.1) is 0 Å². The van der Waals surface area contributed by atoms with Crippen LogP contribution in [0.5, 0.6) is 0 Å². The van der Waals surface area contributed by atoms with E-state index in [1.165, 1.54) is 18.2 Å². The van der Waals surface area contributed by atoms with Crippen molar-refractivity contribution in [2.75, 3.05) is 0 Å². The second kappa shape index (κ2) is 6.73. The number of carbonyl (C=O) groups excluding carboxylic acids is 2. The van der Waals surface area contributed by atoms with E-state index in [4.69, 9.17) is 4.42 Å². The molecule has 108 valence electrons. The summed E-state index contributed by atoms with van der Waals surface area (Å²) in [5, 5.41) is 13.3. The second-order valence-electron chi connectivity index (χ2n) is 3.95. The molecule has 0 aliphatic heterocycles. The maximum Gasteiger partial charge on any atom is 0.291 e. The first kappa shape index (κ1) is 15.5. The van der Waals surface area contributed by atoms with Crippen molar-refractivity contribution in [3.63, 3.8) is 0 Å². The van der Waals surface area contributed by atoms with Gasteiger partial charge in [0.15, 0.2) is 10.4 Å². The number of carbonyl (C=O) groups is 2. The van der Waals surface area contributed by atoms with Gasteiger partial charge in [-0.2, -0.15) is 0 Å². The van der Waals surface area contributed by atoms with Crippen LogP contribution in [0.1, 0.15) is 16.1 Å². The number of amides is 1. The zero-order valence-electron chi connectivity index (χ0n) is 10.4. The van der Waals surface area contributed by atoms with Crippen LogP contribution < -0.4 is 10.4 Å². The van der Waals surface area contributed by atoms with Gasteiger partial charge in [0.1, 0.15) is 0 Å². The fraction of sp³-hybridized carbons (Fsp3) is 0. The first-order valence-corrected chi connectivity index (χ1v) is 7.29. The van der Waals surface area contributed by atoms with E-state index in [1.807, 2.05) is 0 Å². The zero-order chi connectivity index (χ0) is 15.4. The predicted molar refractivity (Wildman–Crippen MR) is 81.0 cm³/mol. The van der Waals surface area contributed by atoms with E-state index in [2.05, 4.69) is 37.2 Å². The van der Waals surface area contributed by atoms with Crippen LogP contribution in [0.2, 0.25) is 0 Å². The summed E-state index contributed by atoms with van der Waals surface area (Å²) in [6, 6.07) is 9.86. The Bertz CT molecular complexity index is 704. The first-order valence-electron chi connectivity index (χ1n) is 5.71. The summed E-state index contributed by atoms with van der Waals surface area (Å²) < 4.78 is 6.28. The van der Waals surface area contributed by atoms with Gasteiger partial charge in [0.05, 0.1) is 11.7 Å². The summed E-state index contributed by atoms with van der Waals surface area (Å²) in [5.41, 5.74) is 0.258. The zero-order valence-corrected chi connectivity index (χ0v) is 13.6. The lowest BCUT2D eigenvalue weighted by atomic mass is 10.2. The molecule has 0 fully saturated rings. The first-order chi connectivity index (χ1) is 9.95. The highest BCUT2D eigenvalue weighted by molar-refractivity contribution is 9.10. The minimum absolute atomic E-state index is 0.00942. The number of carboxylic acid groups (broad SMARTS) is 1. The van der Waals surface area contributed by atoms with Crippen molar-refractivity contribution in [2.45, 2.75) is 0 Å². The lowest BCUT2D eigenvalue weighted by Crippen LogP contribution is -2.35. The molecule has 1 aromatic heterocycles. The monoisotopic (exact) mass is 412 g/mol. The number of hydrogen-bond acceptors (Lipinski definition) is 4. The highest BCUT2D eigenvalue weighted by Gasteiger charge is 2.12. The molecule has 0 spiro atoms. The summed E-state index contributed by atoms with van der Waals surface area (Å²) in [4.78, 5) is 23.0. The molecule has 1 N–H and O–H groups in total. The van der Waals surface area contributed by atoms with E-state index in [1.54, 1.807) is 24.3 Å².